The van der Waals surface area contributed by atoms with E-state index >= 15 is 0 Å². The van der Waals surface area contributed by atoms with Crippen LogP contribution in [0.5, 0.6) is 0 Å². The van der Waals surface area contributed by atoms with Gasteiger partial charge in [0.1, 0.15) is 5.82 Å². The number of aryl methyl sites for hydroxylation is 3. The third-order valence-corrected chi connectivity index (χ3v) is 3.05. The average Bonchev–Trinajstić information content (AvgIpc) is 2.34. The van der Waals surface area contributed by atoms with Crippen molar-refractivity contribution in [2.45, 2.75) is 33.1 Å². The van der Waals surface area contributed by atoms with Crippen molar-refractivity contribution in [3.8, 4) is 0 Å². The first-order chi connectivity index (χ1) is 8.65. The van der Waals surface area contributed by atoms with Gasteiger partial charge in [-0.15, -0.1) is 0 Å². The minimum atomic E-state index is -0.0695. The molecule has 0 aliphatic carbocycles. The first-order valence-corrected chi connectivity index (χ1v) is 6.60. The van der Waals surface area contributed by atoms with E-state index in [1.165, 1.54) is 5.56 Å². The second-order valence-electron chi connectivity index (χ2n) is 4.74. The average molecular weight is 253 g/mol. The maximum atomic E-state index is 13.5. The number of hydrogen-bond donors (Lipinski definition) is 1. The van der Waals surface area contributed by atoms with Gasteiger partial charge in [0.2, 0.25) is 0 Å². The highest BCUT2D eigenvalue weighted by atomic mass is 19.1. The summed E-state index contributed by atoms with van der Waals surface area (Å²) in [6.07, 6.45) is 3.29. The van der Waals surface area contributed by atoms with Gasteiger partial charge >= 0.3 is 0 Å². The number of methoxy groups -OCH3 is 1. The van der Waals surface area contributed by atoms with Crippen LogP contribution in [0.4, 0.5) is 4.39 Å². The van der Waals surface area contributed by atoms with Gasteiger partial charge in [-0.1, -0.05) is 12.1 Å². The van der Waals surface area contributed by atoms with Crippen LogP contribution in [-0.2, 0) is 11.2 Å². The van der Waals surface area contributed by atoms with Crippen LogP contribution >= 0.6 is 0 Å². The molecule has 0 aliphatic heterocycles. The molecule has 0 saturated carbocycles. The van der Waals surface area contributed by atoms with Gasteiger partial charge in [0.05, 0.1) is 6.61 Å². The summed E-state index contributed by atoms with van der Waals surface area (Å²) in [5.74, 6) is -0.0695. The smallest absolute Gasteiger partial charge is 0.129 e. The lowest BCUT2D eigenvalue weighted by molar-refractivity contribution is 0.199. The maximum absolute atomic E-state index is 13.5. The number of rotatable bonds is 8. The third kappa shape index (κ3) is 5.15. The lowest BCUT2D eigenvalue weighted by Crippen LogP contribution is -2.20. The summed E-state index contributed by atoms with van der Waals surface area (Å²) in [7, 11) is 1.71. The molecule has 0 aromatic heterocycles. The van der Waals surface area contributed by atoms with Crippen LogP contribution < -0.4 is 5.32 Å². The summed E-state index contributed by atoms with van der Waals surface area (Å²) in [4.78, 5) is 0. The highest BCUT2D eigenvalue weighted by Crippen LogP contribution is 2.16. The molecule has 0 fully saturated rings. The first-order valence-electron chi connectivity index (χ1n) is 6.60. The molecule has 1 N–H and O–H groups in total. The van der Waals surface area contributed by atoms with Crippen molar-refractivity contribution in [3.63, 3.8) is 0 Å². The van der Waals surface area contributed by atoms with E-state index in [1.54, 1.807) is 7.11 Å². The Bertz CT molecular complexity index is 343. The van der Waals surface area contributed by atoms with Crippen molar-refractivity contribution in [3.05, 3.63) is 34.6 Å². The molecule has 0 saturated heterocycles. The molecule has 0 aliphatic rings. The lowest BCUT2D eigenvalue weighted by Gasteiger charge is -2.07. The van der Waals surface area contributed by atoms with Crippen LogP contribution in [0, 0.1) is 19.7 Å². The van der Waals surface area contributed by atoms with E-state index in [1.807, 2.05) is 26.0 Å². The minimum Gasteiger partial charge on any atom is -0.383 e. The monoisotopic (exact) mass is 253 g/mol. The van der Waals surface area contributed by atoms with Gasteiger partial charge in [-0.3, -0.25) is 0 Å². The number of hydrogen-bond acceptors (Lipinski definition) is 2. The summed E-state index contributed by atoms with van der Waals surface area (Å²) in [5.41, 5.74) is 2.75. The lowest BCUT2D eigenvalue weighted by atomic mass is 10.0. The minimum absolute atomic E-state index is 0.0695. The zero-order valence-electron chi connectivity index (χ0n) is 11.7. The fraction of sp³-hybridized carbons (Fsp3) is 0.600. The topological polar surface area (TPSA) is 21.3 Å². The Balaban J connectivity index is 2.23. The van der Waals surface area contributed by atoms with Crippen molar-refractivity contribution in [1.29, 1.82) is 0 Å². The molecule has 0 radical (unpaired) electrons. The predicted octanol–water partition coefficient (Wildman–Crippen LogP) is 3.00. The van der Waals surface area contributed by atoms with Crippen LogP contribution in [0.15, 0.2) is 12.1 Å². The molecule has 0 unspecified atom stereocenters. The number of unbranched alkanes of at least 4 members (excludes halogenated alkanes) is 1. The highest BCUT2D eigenvalue weighted by molar-refractivity contribution is 5.30. The Labute approximate surface area is 110 Å². The molecular weight excluding hydrogens is 229 g/mol. The van der Waals surface area contributed by atoms with Crippen molar-refractivity contribution >= 4 is 0 Å². The van der Waals surface area contributed by atoms with Gasteiger partial charge in [0.15, 0.2) is 0 Å². The van der Waals surface area contributed by atoms with E-state index in [4.69, 9.17) is 4.74 Å². The molecule has 0 spiro atoms. The van der Waals surface area contributed by atoms with Gasteiger partial charge in [-0.25, -0.2) is 4.39 Å². The SMILES string of the molecule is COCCNCCCCc1cc(C)c(F)c(C)c1. The predicted molar refractivity (Wildman–Crippen MR) is 73.6 cm³/mol. The van der Waals surface area contributed by atoms with Crippen molar-refractivity contribution in [2.24, 2.45) is 0 Å². The van der Waals surface area contributed by atoms with Crippen molar-refractivity contribution < 1.29 is 9.13 Å². The van der Waals surface area contributed by atoms with Gasteiger partial charge < -0.3 is 10.1 Å². The van der Waals surface area contributed by atoms with E-state index in [0.717, 1.165) is 50.1 Å². The zero-order chi connectivity index (χ0) is 13.4. The molecule has 0 bridgehead atoms. The molecule has 1 aromatic carbocycles. The molecule has 102 valence electrons. The molecule has 1 rings (SSSR count). The fourth-order valence-corrected chi connectivity index (χ4v) is 2.06. The van der Waals surface area contributed by atoms with Gasteiger partial charge in [-0.05, 0) is 56.3 Å². The molecule has 1 aromatic rings. The largest absolute Gasteiger partial charge is 0.383 e. The second-order valence-corrected chi connectivity index (χ2v) is 4.74. The number of halogens is 1. The highest BCUT2D eigenvalue weighted by Gasteiger charge is 2.03. The molecule has 2 nitrogen and oxygen atoms in total. The van der Waals surface area contributed by atoms with E-state index in [0.29, 0.717) is 0 Å². The van der Waals surface area contributed by atoms with E-state index < -0.39 is 0 Å². The summed E-state index contributed by atoms with van der Waals surface area (Å²) in [6.45, 7) is 6.35. The zero-order valence-corrected chi connectivity index (χ0v) is 11.7. The summed E-state index contributed by atoms with van der Waals surface area (Å²) in [5, 5.41) is 3.32. The molecule has 3 heteroatoms. The Morgan fingerprint density at radius 1 is 1.11 bits per heavy atom. The van der Waals surface area contributed by atoms with Crippen molar-refractivity contribution in [2.75, 3.05) is 26.8 Å². The molecule has 0 heterocycles. The van der Waals surface area contributed by atoms with Gasteiger partial charge in [0, 0.05) is 13.7 Å². The second kappa shape index (κ2) is 8.22. The van der Waals surface area contributed by atoms with E-state index in [2.05, 4.69) is 5.32 Å². The molecule has 18 heavy (non-hydrogen) atoms. The molecule has 0 atom stereocenters. The van der Waals surface area contributed by atoms with Crippen LogP contribution in [0.3, 0.4) is 0 Å². The summed E-state index contributed by atoms with van der Waals surface area (Å²) in [6, 6.07) is 3.92. The normalized spacial score (nSPS) is 10.9. The van der Waals surface area contributed by atoms with Crippen LogP contribution in [-0.4, -0.2) is 26.8 Å². The number of nitrogens with one attached hydrogen (secondary N) is 1. The Kier molecular flexibility index (Phi) is 6.91. The van der Waals surface area contributed by atoms with E-state index in [-0.39, 0.29) is 5.82 Å². The number of benzene rings is 1. The standard InChI is InChI=1S/C15H24FNO/c1-12-10-14(11-13(2)15(12)16)6-4-5-7-17-8-9-18-3/h10-11,17H,4-9H2,1-3H3. The fourth-order valence-electron chi connectivity index (χ4n) is 2.06. The van der Waals surface area contributed by atoms with Crippen LogP contribution in [0.25, 0.3) is 0 Å². The Hall–Kier alpha value is -0.930. The van der Waals surface area contributed by atoms with Crippen LogP contribution in [0.1, 0.15) is 29.5 Å². The van der Waals surface area contributed by atoms with Crippen LogP contribution in [0.2, 0.25) is 0 Å². The van der Waals surface area contributed by atoms with Gasteiger partial charge in [-0.2, -0.15) is 0 Å². The quantitative estimate of drug-likeness (QED) is 0.719. The Morgan fingerprint density at radius 2 is 1.78 bits per heavy atom. The maximum Gasteiger partial charge on any atom is 0.129 e. The van der Waals surface area contributed by atoms with Gasteiger partial charge in [0.25, 0.3) is 0 Å². The molecule has 0 amide bonds. The van der Waals surface area contributed by atoms with E-state index in [9.17, 15) is 4.39 Å². The Morgan fingerprint density at radius 3 is 2.39 bits per heavy atom. The summed E-state index contributed by atoms with van der Waals surface area (Å²) >= 11 is 0. The summed E-state index contributed by atoms with van der Waals surface area (Å²) < 4.78 is 18.4. The first kappa shape index (κ1) is 15.1. The number of ether oxygens (including phenoxy) is 1. The van der Waals surface area contributed by atoms with Crippen molar-refractivity contribution in [1.82, 2.24) is 5.32 Å². The third-order valence-electron chi connectivity index (χ3n) is 3.05. The molecular formula is C15H24FNO.